The molecule has 0 aliphatic rings. The summed E-state index contributed by atoms with van der Waals surface area (Å²) in [5, 5.41) is 8.59. The van der Waals surface area contributed by atoms with Gasteiger partial charge in [0.05, 0.1) is 6.61 Å². The maximum absolute atomic E-state index is 10.9. The Labute approximate surface area is 112 Å². The molecule has 0 radical (unpaired) electrons. The fourth-order valence-electron chi connectivity index (χ4n) is 1.74. The Hall–Kier alpha value is -2.13. The summed E-state index contributed by atoms with van der Waals surface area (Å²) in [5.74, 6) is 0.520. The molecule has 0 fully saturated rings. The number of benzene rings is 2. The van der Waals surface area contributed by atoms with Crippen LogP contribution in [0.3, 0.4) is 0 Å². The predicted octanol–water partition coefficient (Wildman–Crippen LogP) is 2.68. The molecule has 19 heavy (non-hydrogen) atoms. The van der Waals surface area contributed by atoms with Gasteiger partial charge in [-0.2, -0.15) is 0 Å². The molecule has 1 N–H and O–H groups in total. The third kappa shape index (κ3) is 3.93. The first kappa shape index (κ1) is 13.3. The summed E-state index contributed by atoms with van der Waals surface area (Å²) in [6.45, 7) is -0.125. The number of aliphatic hydroxyl groups excluding tert-OH is 1. The maximum atomic E-state index is 10.9. The molecule has 0 aliphatic carbocycles. The van der Waals surface area contributed by atoms with Crippen LogP contribution in [0.25, 0.3) is 11.1 Å². The first-order chi connectivity index (χ1) is 9.29. The Balaban J connectivity index is 1.94. The van der Waals surface area contributed by atoms with Crippen molar-refractivity contribution in [1.82, 2.24) is 0 Å². The molecule has 3 heteroatoms. The lowest BCUT2D eigenvalue weighted by Gasteiger charge is -2.06. The molecule has 0 spiro atoms. The van der Waals surface area contributed by atoms with Crippen molar-refractivity contribution in [1.29, 1.82) is 0 Å². The largest absolute Gasteiger partial charge is 0.493 e. The Morgan fingerprint density at radius 1 is 0.947 bits per heavy atom. The van der Waals surface area contributed by atoms with E-state index < -0.39 is 6.61 Å². The van der Waals surface area contributed by atoms with Gasteiger partial charge < -0.3 is 9.84 Å². The number of carbonyl (C=O) groups is 1. The number of rotatable bonds is 6. The van der Waals surface area contributed by atoms with Crippen molar-refractivity contribution in [3.05, 3.63) is 54.6 Å². The number of hydrogen-bond donors (Lipinski definition) is 1. The van der Waals surface area contributed by atoms with E-state index in [2.05, 4.69) is 12.1 Å². The third-order valence-corrected chi connectivity index (χ3v) is 2.79. The van der Waals surface area contributed by atoms with Gasteiger partial charge in [0.25, 0.3) is 0 Å². The van der Waals surface area contributed by atoms with Crippen LogP contribution in [0.2, 0.25) is 0 Å². The Kier molecular flexibility index (Phi) is 4.70. The third-order valence-electron chi connectivity index (χ3n) is 2.79. The lowest BCUT2D eigenvalue weighted by molar-refractivity contribution is -0.122. The van der Waals surface area contributed by atoms with E-state index in [9.17, 15) is 4.79 Å². The van der Waals surface area contributed by atoms with Gasteiger partial charge in [-0.1, -0.05) is 42.5 Å². The van der Waals surface area contributed by atoms with Gasteiger partial charge in [0.15, 0.2) is 5.78 Å². The lowest BCUT2D eigenvalue weighted by Crippen LogP contribution is -2.09. The summed E-state index contributed by atoms with van der Waals surface area (Å²) in [7, 11) is 0. The van der Waals surface area contributed by atoms with Crippen molar-refractivity contribution < 1.29 is 14.6 Å². The first-order valence-corrected chi connectivity index (χ1v) is 6.20. The average Bonchev–Trinajstić information content (AvgIpc) is 2.48. The normalized spacial score (nSPS) is 10.2. The number of ketones is 1. The SMILES string of the molecule is O=C(CO)CCOc1ccc(-c2ccccc2)cc1. The lowest BCUT2D eigenvalue weighted by atomic mass is 10.1. The van der Waals surface area contributed by atoms with Crippen molar-refractivity contribution >= 4 is 5.78 Å². The van der Waals surface area contributed by atoms with Gasteiger partial charge in [-0.15, -0.1) is 0 Å². The molecule has 3 nitrogen and oxygen atoms in total. The molecule has 98 valence electrons. The fourth-order valence-corrected chi connectivity index (χ4v) is 1.74. The van der Waals surface area contributed by atoms with Crippen molar-refractivity contribution in [3.8, 4) is 16.9 Å². The number of carbonyl (C=O) groups excluding carboxylic acids is 1. The van der Waals surface area contributed by atoms with Crippen LogP contribution in [0.1, 0.15) is 6.42 Å². The van der Waals surface area contributed by atoms with Crippen molar-refractivity contribution in [2.45, 2.75) is 6.42 Å². The highest BCUT2D eigenvalue weighted by molar-refractivity contribution is 5.79. The highest BCUT2D eigenvalue weighted by Gasteiger charge is 2.01. The summed E-state index contributed by atoms with van der Waals surface area (Å²) in [6, 6.07) is 17.8. The van der Waals surface area contributed by atoms with Crippen molar-refractivity contribution in [2.24, 2.45) is 0 Å². The molecule has 0 amide bonds. The van der Waals surface area contributed by atoms with E-state index in [1.165, 1.54) is 0 Å². The van der Waals surface area contributed by atoms with Crippen molar-refractivity contribution in [2.75, 3.05) is 13.2 Å². The number of hydrogen-bond acceptors (Lipinski definition) is 3. The Bertz CT molecular complexity index is 517. The van der Waals surface area contributed by atoms with Gasteiger partial charge in [-0.3, -0.25) is 4.79 Å². The average molecular weight is 256 g/mol. The zero-order chi connectivity index (χ0) is 13.5. The van der Waals surface area contributed by atoms with Crippen LogP contribution >= 0.6 is 0 Å². The molecule has 0 atom stereocenters. The van der Waals surface area contributed by atoms with Gasteiger partial charge >= 0.3 is 0 Å². The molecule has 0 saturated heterocycles. The molecule has 0 heterocycles. The molecule has 0 bridgehead atoms. The van der Waals surface area contributed by atoms with E-state index >= 15 is 0 Å². The van der Waals surface area contributed by atoms with E-state index in [1.807, 2.05) is 42.5 Å². The summed E-state index contributed by atoms with van der Waals surface area (Å²) >= 11 is 0. The minimum atomic E-state index is -0.420. The predicted molar refractivity (Wildman–Crippen MR) is 74.1 cm³/mol. The van der Waals surface area contributed by atoms with Gasteiger partial charge in [-0.25, -0.2) is 0 Å². The highest BCUT2D eigenvalue weighted by Crippen LogP contribution is 2.21. The van der Waals surface area contributed by atoms with Crippen LogP contribution in [-0.2, 0) is 4.79 Å². The molecule has 0 saturated carbocycles. The second-order valence-electron chi connectivity index (χ2n) is 4.19. The van der Waals surface area contributed by atoms with E-state index in [4.69, 9.17) is 9.84 Å². The summed E-state index contributed by atoms with van der Waals surface area (Å²) < 4.78 is 5.44. The van der Waals surface area contributed by atoms with E-state index in [-0.39, 0.29) is 12.2 Å². The van der Waals surface area contributed by atoms with Gasteiger partial charge in [0.1, 0.15) is 12.4 Å². The highest BCUT2D eigenvalue weighted by atomic mass is 16.5. The van der Waals surface area contributed by atoms with E-state index in [1.54, 1.807) is 0 Å². The minimum absolute atomic E-state index is 0.207. The zero-order valence-corrected chi connectivity index (χ0v) is 10.6. The molecule has 2 rings (SSSR count). The van der Waals surface area contributed by atoms with Crippen molar-refractivity contribution in [3.63, 3.8) is 0 Å². The summed E-state index contributed by atoms with van der Waals surface area (Å²) in [5.41, 5.74) is 2.28. The second-order valence-corrected chi connectivity index (χ2v) is 4.19. The molecular formula is C16H16O3. The molecule has 0 aromatic heterocycles. The monoisotopic (exact) mass is 256 g/mol. The van der Waals surface area contributed by atoms with Crippen LogP contribution in [0.5, 0.6) is 5.75 Å². The van der Waals surface area contributed by atoms with Gasteiger partial charge in [0, 0.05) is 6.42 Å². The smallest absolute Gasteiger partial charge is 0.161 e. The number of aliphatic hydroxyl groups is 1. The van der Waals surface area contributed by atoms with E-state index in [0.29, 0.717) is 6.61 Å². The number of ether oxygens (including phenoxy) is 1. The molecule has 2 aromatic rings. The second kappa shape index (κ2) is 6.71. The Morgan fingerprint density at radius 2 is 1.58 bits per heavy atom. The summed E-state index contributed by atoms with van der Waals surface area (Å²) in [4.78, 5) is 10.9. The number of Topliss-reactive ketones (excluding diaryl/α,β-unsaturated/α-hetero) is 1. The summed E-state index contributed by atoms with van der Waals surface area (Å²) in [6.07, 6.45) is 0.233. The first-order valence-electron chi connectivity index (χ1n) is 6.20. The molecular weight excluding hydrogens is 240 g/mol. The van der Waals surface area contributed by atoms with Crippen LogP contribution in [0.4, 0.5) is 0 Å². The fraction of sp³-hybridized carbons (Fsp3) is 0.188. The topological polar surface area (TPSA) is 46.5 Å². The van der Waals surface area contributed by atoms with Crippen LogP contribution in [0.15, 0.2) is 54.6 Å². The zero-order valence-electron chi connectivity index (χ0n) is 10.6. The molecule has 0 unspecified atom stereocenters. The molecule has 2 aromatic carbocycles. The molecule has 0 aliphatic heterocycles. The quantitative estimate of drug-likeness (QED) is 0.864. The van der Waals surface area contributed by atoms with Crippen LogP contribution in [0, 0.1) is 0 Å². The van der Waals surface area contributed by atoms with Gasteiger partial charge in [-0.05, 0) is 23.3 Å². The maximum Gasteiger partial charge on any atom is 0.161 e. The van der Waals surface area contributed by atoms with Gasteiger partial charge in [0.2, 0.25) is 0 Å². The van der Waals surface area contributed by atoms with Crippen LogP contribution in [-0.4, -0.2) is 24.1 Å². The standard InChI is InChI=1S/C16H16O3/c17-12-15(18)10-11-19-16-8-6-14(7-9-16)13-4-2-1-3-5-13/h1-9,17H,10-12H2. The minimum Gasteiger partial charge on any atom is -0.493 e. The van der Waals surface area contributed by atoms with Crippen LogP contribution < -0.4 is 4.74 Å². The van der Waals surface area contributed by atoms with E-state index in [0.717, 1.165) is 16.9 Å². The Morgan fingerprint density at radius 3 is 2.21 bits per heavy atom.